The van der Waals surface area contributed by atoms with Gasteiger partial charge in [0.1, 0.15) is 0 Å². The average molecular weight is 269 g/mol. The maximum Gasteiger partial charge on any atom is 0.239 e. The van der Waals surface area contributed by atoms with Crippen molar-refractivity contribution in [2.75, 3.05) is 39.4 Å². The molecule has 19 heavy (non-hydrogen) atoms. The van der Waals surface area contributed by atoms with Crippen LogP contribution in [-0.4, -0.2) is 67.2 Å². The normalized spacial score (nSPS) is 24.7. The molecule has 2 saturated heterocycles. The molecule has 0 saturated carbocycles. The number of likely N-dealkylation sites (tertiary alicyclic amines) is 1. The van der Waals surface area contributed by atoms with Crippen LogP contribution in [-0.2, 0) is 9.53 Å². The van der Waals surface area contributed by atoms with Crippen LogP contribution in [0.2, 0.25) is 0 Å². The predicted molar refractivity (Wildman–Crippen MR) is 74.8 cm³/mol. The number of nitrogens with zero attached hydrogens (tertiary/aromatic N) is 2. The minimum absolute atomic E-state index is 0.117. The Labute approximate surface area is 116 Å². The molecule has 0 radical (unpaired) electrons. The molecule has 0 aromatic carbocycles. The summed E-state index contributed by atoms with van der Waals surface area (Å²) in [6.07, 6.45) is 2.07. The van der Waals surface area contributed by atoms with Crippen LogP contribution < -0.4 is 5.73 Å². The van der Waals surface area contributed by atoms with E-state index in [9.17, 15) is 4.79 Å². The summed E-state index contributed by atoms with van der Waals surface area (Å²) in [5.74, 6) is 0.455. The van der Waals surface area contributed by atoms with Gasteiger partial charge in [-0.05, 0) is 45.7 Å². The predicted octanol–water partition coefficient (Wildman–Crippen LogP) is 0.293. The molecule has 0 bridgehead atoms. The van der Waals surface area contributed by atoms with Gasteiger partial charge in [-0.2, -0.15) is 0 Å². The molecule has 0 aromatic heterocycles. The van der Waals surface area contributed by atoms with Crippen molar-refractivity contribution in [3.8, 4) is 0 Å². The molecule has 2 aliphatic heterocycles. The summed E-state index contributed by atoms with van der Waals surface area (Å²) in [4.78, 5) is 16.7. The quantitative estimate of drug-likeness (QED) is 0.800. The third kappa shape index (κ3) is 3.68. The Morgan fingerprint density at radius 2 is 1.74 bits per heavy atom. The van der Waals surface area contributed by atoms with Crippen molar-refractivity contribution in [3.05, 3.63) is 0 Å². The number of nitrogens with two attached hydrogens (primary N) is 1. The van der Waals surface area contributed by atoms with Gasteiger partial charge in [-0.15, -0.1) is 0 Å². The van der Waals surface area contributed by atoms with Gasteiger partial charge in [-0.25, -0.2) is 0 Å². The molecule has 2 fully saturated rings. The maximum atomic E-state index is 12.3. The number of amides is 1. The van der Waals surface area contributed by atoms with Crippen LogP contribution in [0.5, 0.6) is 0 Å². The number of carbonyl (C=O) groups is 1. The summed E-state index contributed by atoms with van der Waals surface area (Å²) in [7, 11) is 0. The van der Waals surface area contributed by atoms with Gasteiger partial charge in [0.15, 0.2) is 0 Å². The van der Waals surface area contributed by atoms with E-state index in [1.807, 2.05) is 4.90 Å². The fourth-order valence-corrected chi connectivity index (χ4v) is 2.99. The van der Waals surface area contributed by atoms with Gasteiger partial charge in [0.05, 0.1) is 19.3 Å². The van der Waals surface area contributed by atoms with Crippen molar-refractivity contribution in [1.29, 1.82) is 0 Å². The van der Waals surface area contributed by atoms with Crippen LogP contribution in [0.3, 0.4) is 0 Å². The van der Waals surface area contributed by atoms with E-state index in [2.05, 4.69) is 18.7 Å². The molecule has 5 heteroatoms. The molecule has 1 unspecified atom stereocenters. The zero-order valence-electron chi connectivity index (χ0n) is 12.2. The number of morpholine rings is 1. The number of rotatable bonds is 3. The van der Waals surface area contributed by atoms with Gasteiger partial charge in [0.2, 0.25) is 5.91 Å². The zero-order chi connectivity index (χ0) is 13.8. The molecule has 0 spiro atoms. The first kappa shape index (κ1) is 14.8. The first-order valence-electron chi connectivity index (χ1n) is 7.45. The van der Waals surface area contributed by atoms with Gasteiger partial charge in [-0.3, -0.25) is 4.79 Å². The van der Waals surface area contributed by atoms with Crippen molar-refractivity contribution in [2.45, 2.75) is 38.8 Å². The van der Waals surface area contributed by atoms with E-state index in [0.717, 1.165) is 25.9 Å². The Morgan fingerprint density at radius 3 is 2.26 bits per heavy atom. The third-order valence-corrected chi connectivity index (χ3v) is 4.42. The molecule has 2 aliphatic rings. The fourth-order valence-electron chi connectivity index (χ4n) is 2.99. The molecule has 5 nitrogen and oxygen atoms in total. The number of piperidine rings is 1. The molecular weight excluding hydrogens is 242 g/mol. The zero-order valence-corrected chi connectivity index (χ0v) is 12.2. The Morgan fingerprint density at radius 1 is 1.16 bits per heavy atom. The SMILES string of the molecule is CC(C)N1CCC(C(N)C(=O)N2CCOCC2)CC1. The fraction of sp³-hybridized carbons (Fsp3) is 0.929. The number of carbonyl (C=O) groups excluding carboxylic acids is 1. The van der Waals surface area contributed by atoms with Crippen molar-refractivity contribution >= 4 is 5.91 Å². The van der Waals surface area contributed by atoms with Crippen molar-refractivity contribution < 1.29 is 9.53 Å². The summed E-state index contributed by atoms with van der Waals surface area (Å²) in [6.45, 7) is 9.24. The number of hydrogen-bond acceptors (Lipinski definition) is 4. The Kier molecular flexibility index (Phi) is 5.19. The van der Waals surface area contributed by atoms with E-state index in [4.69, 9.17) is 10.5 Å². The summed E-state index contributed by atoms with van der Waals surface area (Å²) in [5.41, 5.74) is 6.19. The highest BCUT2D eigenvalue weighted by molar-refractivity contribution is 5.82. The van der Waals surface area contributed by atoms with Crippen LogP contribution in [0.4, 0.5) is 0 Å². The van der Waals surface area contributed by atoms with E-state index in [1.54, 1.807) is 0 Å². The molecular formula is C14H27N3O2. The summed E-state index contributed by atoms with van der Waals surface area (Å²) in [6, 6.07) is 0.263. The second-order valence-electron chi connectivity index (χ2n) is 5.93. The highest BCUT2D eigenvalue weighted by Gasteiger charge is 2.32. The first-order chi connectivity index (χ1) is 9.09. The Hall–Kier alpha value is -0.650. The van der Waals surface area contributed by atoms with Gasteiger partial charge in [0, 0.05) is 19.1 Å². The molecule has 1 atom stereocenters. The summed E-state index contributed by atoms with van der Waals surface area (Å²) >= 11 is 0. The van der Waals surface area contributed by atoms with E-state index >= 15 is 0 Å². The smallest absolute Gasteiger partial charge is 0.239 e. The molecule has 2 heterocycles. The largest absolute Gasteiger partial charge is 0.378 e. The van der Waals surface area contributed by atoms with Crippen molar-refractivity contribution in [2.24, 2.45) is 11.7 Å². The lowest BCUT2D eigenvalue weighted by atomic mass is 9.88. The van der Waals surface area contributed by atoms with Gasteiger partial charge >= 0.3 is 0 Å². The maximum absolute atomic E-state index is 12.3. The number of hydrogen-bond donors (Lipinski definition) is 1. The van der Waals surface area contributed by atoms with E-state index in [0.29, 0.717) is 38.3 Å². The topological polar surface area (TPSA) is 58.8 Å². The van der Waals surface area contributed by atoms with Crippen LogP contribution >= 0.6 is 0 Å². The van der Waals surface area contributed by atoms with Crippen LogP contribution in [0, 0.1) is 5.92 Å². The van der Waals surface area contributed by atoms with E-state index < -0.39 is 0 Å². The lowest BCUT2D eigenvalue weighted by Crippen LogP contribution is -2.53. The molecule has 110 valence electrons. The average Bonchev–Trinajstić information content (AvgIpc) is 2.46. The summed E-state index contributed by atoms with van der Waals surface area (Å²) in [5, 5.41) is 0. The van der Waals surface area contributed by atoms with Crippen LogP contribution in [0.25, 0.3) is 0 Å². The highest BCUT2D eigenvalue weighted by atomic mass is 16.5. The van der Waals surface area contributed by atoms with Crippen LogP contribution in [0.15, 0.2) is 0 Å². The second kappa shape index (κ2) is 6.68. The van der Waals surface area contributed by atoms with Gasteiger partial charge in [0.25, 0.3) is 0 Å². The Balaban J connectivity index is 1.83. The minimum atomic E-state index is -0.326. The Bertz CT molecular complexity index is 295. The van der Waals surface area contributed by atoms with Crippen molar-refractivity contribution in [1.82, 2.24) is 9.80 Å². The molecule has 0 aromatic rings. The number of ether oxygens (including phenoxy) is 1. The molecule has 0 aliphatic carbocycles. The van der Waals surface area contributed by atoms with Gasteiger partial charge in [-0.1, -0.05) is 0 Å². The standard InChI is InChI=1S/C14H27N3O2/c1-11(2)16-5-3-12(4-6-16)13(15)14(18)17-7-9-19-10-8-17/h11-13H,3-10,15H2,1-2H3. The van der Waals surface area contributed by atoms with Crippen LogP contribution in [0.1, 0.15) is 26.7 Å². The lowest BCUT2D eigenvalue weighted by Gasteiger charge is -2.38. The second-order valence-corrected chi connectivity index (χ2v) is 5.93. The summed E-state index contributed by atoms with van der Waals surface area (Å²) < 4.78 is 5.27. The first-order valence-corrected chi connectivity index (χ1v) is 7.45. The molecule has 2 rings (SSSR count). The van der Waals surface area contributed by atoms with E-state index in [-0.39, 0.29) is 11.9 Å². The lowest BCUT2D eigenvalue weighted by molar-refractivity contribution is -0.138. The van der Waals surface area contributed by atoms with Crippen molar-refractivity contribution in [3.63, 3.8) is 0 Å². The van der Waals surface area contributed by atoms with Gasteiger partial charge < -0.3 is 20.3 Å². The molecule has 1 amide bonds. The monoisotopic (exact) mass is 269 g/mol. The molecule has 2 N–H and O–H groups in total. The highest BCUT2D eigenvalue weighted by Crippen LogP contribution is 2.22. The minimum Gasteiger partial charge on any atom is -0.378 e. The third-order valence-electron chi connectivity index (χ3n) is 4.42. The van der Waals surface area contributed by atoms with E-state index in [1.165, 1.54) is 0 Å².